The second-order valence-corrected chi connectivity index (χ2v) is 9.35. The highest BCUT2D eigenvalue weighted by molar-refractivity contribution is 7.89. The standard InChI is InChI=1S/C17H23ClN2O6S/c1-17(2,3)19-15(21)11-26-16(22)12-4-5-13(18)14(10-12)27(23,24)20-6-8-25-9-7-20/h4-5,10H,6-9,11H2,1-3H3,(H,19,21). The average Bonchev–Trinajstić information content (AvgIpc) is 2.59. The van der Waals surface area contributed by atoms with Crippen molar-refractivity contribution in [2.45, 2.75) is 31.2 Å². The van der Waals surface area contributed by atoms with Crippen LogP contribution >= 0.6 is 11.6 Å². The van der Waals surface area contributed by atoms with E-state index in [-0.39, 0.29) is 28.6 Å². The zero-order valence-electron chi connectivity index (χ0n) is 15.5. The van der Waals surface area contributed by atoms with Crippen LogP contribution in [-0.2, 0) is 24.3 Å². The third-order valence-corrected chi connectivity index (χ3v) is 5.98. The van der Waals surface area contributed by atoms with Gasteiger partial charge in [0.1, 0.15) is 4.90 Å². The van der Waals surface area contributed by atoms with Gasteiger partial charge in [0.25, 0.3) is 5.91 Å². The summed E-state index contributed by atoms with van der Waals surface area (Å²) in [4.78, 5) is 23.8. The van der Waals surface area contributed by atoms with Crippen LogP contribution in [0.1, 0.15) is 31.1 Å². The van der Waals surface area contributed by atoms with Crippen LogP contribution in [0.15, 0.2) is 23.1 Å². The number of halogens is 1. The second kappa shape index (κ2) is 8.55. The zero-order valence-corrected chi connectivity index (χ0v) is 17.0. The maximum absolute atomic E-state index is 12.8. The minimum atomic E-state index is -3.87. The fourth-order valence-electron chi connectivity index (χ4n) is 2.42. The van der Waals surface area contributed by atoms with E-state index in [0.717, 1.165) is 6.07 Å². The van der Waals surface area contributed by atoms with E-state index in [9.17, 15) is 18.0 Å². The number of rotatable bonds is 5. The minimum Gasteiger partial charge on any atom is -0.452 e. The number of morpholine rings is 1. The largest absolute Gasteiger partial charge is 0.452 e. The van der Waals surface area contributed by atoms with Crippen LogP contribution in [0.4, 0.5) is 0 Å². The molecule has 1 aliphatic heterocycles. The van der Waals surface area contributed by atoms with Crippen molar-refractivity contribution in [3.8, 4) is 0 Å². The molecule has 10 heteroatoms. The molecular weight excluding hydrogens is 396 g/mol. The summed E-state index contributed by atoms with van der Waals surface area (Å²) in [5.41, 5.74) is -0.460. The molecule has 1 amide bonds. The predicted molar refractivity (Wildman–Crippen MR) is 99.2 cm³/mol. The van der Waals surface area contributed by atoms with Gasteiger partial charge in [-0.1, -0.05) is 11.6 Å². The van der Waals surface area contributed by atoms with Gasteiger partial charge in [-0.25, -0.2) is 13.2 Å². The molecule has 27 heavy (non-hydrogen) atoms. The predicted octanol–water partition coefficient (Wildman–Crippen LogP) is 1.43. The van der Waals surface area contributed by atoms with E-state index in [0.29, 0.717) is 13.2 Å². The topological polar surface area (TPSA) is 102 Å². The van der Waals surface area contributed by atoms with Gasteiger partial charge in [0, 0.05) is 18.6 Å². The van der Waals surface area contributed by atoms with Gasteiger partial charge in [0.15, 0.2) is 6.61 Å². The number of nitrogens with one attached hydrogen (secondary N) is 1. The molecule has 1 aliphatic rings. The summed E-state index contributed by atoms with van der Waals surface area (Å²) >= 11 is 6.05. The molecular formula is C17H23ClN2O6S. The highest BCUT2D eigenvalue weighted by Crippen LogP contribution is 2.26. The Labute approximate surface area is 163 Å². The highest BCUT2D eigenvalue weighted by Gasteiger charge is 2.29. The monoisotopic (exact) mass is 418 g/mol. The molecule has 0 radical (unpaired) electrons. The number of hydrogen-bond donors (Lipinski definition) is 1. The van der Waals surface area contributed by atoms with Crippen LogP contribution in [0.5, 0.6) is 0 Å². The fraction of sp³-hybridized carbons (Fsp3) is 0.529. The molecule has 1 N–H and O–H groups in total. The average molecular weight is 419 g/mol. The molecule has 0 unspecified atom stereocenters. The molecule has 0 bridgehead atoms. The Hall–Kier alpha value is -1.68. The van der Waals surface area contributed by atoms with Crippen molar-refractivity contribution in [2.75, 3.05) is 32.9 Å². The van der Waals surface area contributed by atoms with Gasteiger partial charge in [-0.2, -0.15) is 4.31 Å². The maximum atomic E-state index is 12.8. The van der Waals surface area contributed by atoms with Crippen molar-refractivity contribution in [1.82, 2.24) is 9.62 Å². The smallest absolute Gasteiger partial charge is 0.338 e. The van der Waals surface area contributed by atoms with E-state index in [1.807, 2.05) is 0 Å². The summed E-state index contributed by atoms with van der Waals surface area (Å²) in [6, 6.07) is 3.84. The van der Waals surface area contributed by atoms with Gasteiger partial charge >= 0.3 is 5.97 Å². The number of carbonyl (C=O) groups excluding carboxylic acids is 2. The van der Waals surface area contributed by atoms with Gasteiger partial charge in [0.2, 0.25) is 10.0 Å². The number of benzene rings is 1. The van der Waals surface area contributed by atoms with E-state index in [2.05, 4.69) is 5.32 Å². The Bertz CT molecular complexity index is 813. The molecule has 0 aliphatic carbocycles. The lowest BCUT2D eigenvalue weighted by Gasteiger charge is -2.26. The van der Waals surface area contributed by atoms with Crippen molar-refractivity contribution in [1.29, 1.82) is 0 Å². The van der Waals surface area contributed by atoms with Crippen LogP contribution < -0.4 is 5.32 Å². The summed E-state index contributed by atoms with van der Waals surface area (Å²) < 4.78 is 36.9. The molecule has 8 nitrogen and oxygen atoms in total. The molecule has 0 spiro atoms. The molecule has 1 saturated heterocycles. The van der Waals surface area contributed by atoms with Crippen molar-refractivity contribution in [2.24, 2.45) is 0 Å². The first-order chi connectivity index (χ1) is 12.5. The molecule has 0 atom stereocenters. The molecule has 2 rings (SSSR count). The molecule has 0 saturated carbocycles. The van der Waals surface area contributed by atoms with Gasteiger partial charge in [-0.15, -0.1) is 0 Å². The van der Waals surface area contributed by atoms with E-state index in [1.165, 1.54) is 16.4 Å². The Morgan fingerprint density at radius 2 is 1.89 bits per heavy atom. The fourth-order valence-corrected chi connectivity index (χ4v) is 4.33. The van der Waals surface area contributed by atoms with Crippen molar-refractivity contribution >= 4 is 33.5 Å². The van der Waals surface area contributed by atoms with Crippen LogP contribution in [0.3, 0.4) is 0 Å². The number of sulfonamides is 1. The lowest BCUT2D eigenvalue weighted by molar-refractivity contribution is -0.125. The van der Waals surface area contributed by atoms with Gasteiger partial charge < -0.3 is 14.8 Å². The maximum Gasteiger partial charge on any atom is 0.338 e. The summed E-state index contributed by atoms with van der Waals surface area (Å²) in [6.07, 6.45) is 0. The molecule has 150 valence electrons. The molecule has 1 aromatic rings. The first kappa shape index (κ1) is 21.6. The number of hydrogen-bond acceptors (Lipinski definition) is 6. The quantitative estimate of drug-likeness (QED) is 0.726. The SMILES string of the molecule is CC(C)(C)NC(=O)COC(=O)c1ccc(Cl)c(S(=O)(=O)N2CCOCC2)c1. The first-order valence-corrected chi connectivity index (χ1v) is 10.2. The second-order valence-electron chi connectivity index (χ2n) is 7.04. The molecule has 1 heterocycles. The lowest BCUT2D eigenvalue weighted by atomic mass is 10.1. The van der Waals surface area contributed by atoms with Crippen molar-refractivity contribution < 1.29 is 27.5 Å². The van der Waals surface area contributed by atoms with Gasteiger partial charge in [-0.05, 0) is 39.0 Å². The normalized spacial score (nSPS) is 16.0. The Balaban J connectivity index is 2.14. The summed E-state index contributed by atoms with van der Waals surface area (Å²) in [7, 11) is -3.87. The number of carbonyl (C=O) groups is 2. The van der Waals surface area contributed by atoms with Crippen molar-refractivity contribution in [3.05, 3.63) is 28.8 Å². The highest BCUT2D eigenvalue weighted by atomic mass is 35.5. The summed E-state index contributed by atoms with van der Waals surface area (Å²) in [5.74, 6) is -1.26. The third-order valence-electron chi connectivity index (χ3n) is 3.60. The van der Waals surface area contributed by atoms with E-state index < -0.39 is 34.0 Å². The Morgan fingerprint density at radius 1 is 1.26 bits per heavy atom. The van der Waals surface area contributed by atoms with E-state index in [4.69, 9.17) is 21.1 Å². The Kier molecular flexibility index (Phi) is 6.85. The van der Waals surface area contributed by atoms with E-state index >= 15 is 0 Å². The van der Waals surface area contributed by atoms with Crippen LogP contribution in [0.2, 0.25) is 5.02 Å². The first-order valence-electron chi connectivity index (χ1n) is 8.36. The van der Waals surface area contributed by atoms with Crippen LogP contribution in [0, 0.1) is 0 Å². The van der Waals surface area contributed by atoms with Crippen molar-refractivity contribution in [3.63, 3.8) is 0 Å². The van der Waals surface area contributed by atoms with E-state index in [1.54, 1.807) is 20.8 Å². The number of amides is 1. The zero-order chi connectivity index (χ0) is 20.2. The number of ether oxygens (including phenoxy) is 2. The third kappa shape index (κ3) is 5.90. The van der Waals surface area contributed by atoms with Gasteiger partial charge in [0.05, 0.1) is 23.8 Å². The minimum absolute atomic E-state index is 0.00326. The summed E-state index contributed by atoms with van der Waals surface area (Å²) in [5, 5.41) is 2.67. The molecule has 0 aromatic heterocycles. The lowest BCUT2D eigenvalue weighted by Crippen LogP contribution is -2.42. The van der Waals surface area contributed by atoms with Gasteiger partial charge in [-0.3, -0.25) is 4.79 Å². The number of esters is 1. The molecule has 1 aromatic carbocycles. The van der Waals surface area contributed by atoms with Crippen LogP contribution in [-0.4, -0.2) is 63.0 Å². The number of nitrogens with zero attached hydrogens (tertiary/aromatic N) is 1. The molecule has 1 fully saturated rings. The summed E-state index contributed by atoms with van der Waals surface area (Å²) in [6.45, 7) is 5.94. The van der Waals surface area contributed by atoms with Crippen LogP contribution in [0.25, 0.3) is 0 Å². The Morgan fingerprint density at radius 3 is 2.48 bits per heavy atom.